The van der Waals surface area contributed by atoms with Gasteiger partial charge in [-0.05, 0) is 52.1 Å². The molecule has 2 aromatic heterocycles. The molecule has 148 valence electrons. The third-order valence-corrected chi connectivity index (χ3v) is 5.49. The van der Waals surface area contributed by atoms with E-state index in [1.165, 1.54) is 0 Å². The van der Waals surface area contributed by atoms with E-state index in [-0.39, 0.29) is 11.8 Å². The van der Waals surface area contributed by atoms with Crippen molar-refractivity contribution >= 4 is 16.9 Å². The Hall–Kier alpha value is -2.60. The topological polar surface area (TPSA) is 54.5 Å². The van der Waals surface area contributed by atoms with Gasteiger partial charge in [0, 0.05) is 49.9 Å². The van der Waals surface area contributed by atoms with Gasteiger partial charge in [0.1, 0.15) is 11.4 Å². The van der Waals surface area contributed by atoms with Crippen molar-refractivity contribution in [2.75, 3.05) is 33.7 Å². The number of rotatable bonds is 5. The molecule has 0 N–H and O–H groups in total. The van der Waals surface area contributed by atoms with Crippen molar-refractivity contribution in [1.29, 1.82) is 0 Å². The van der Waals surface area contributed by atoms with E-state index in [9.17, 15) is 4.79 Å². The van der Waals surface area contributed by atoms with Crippen molar-refractivity contribution < 1.29 is 9.21 Å². The second-order valence-corrected chi connectivity index (χ2v) is 8.02. The SMILES string of the molecule is Cc1ccc2oc(C(=O)N3CCC[C@@H](c4nccn4CCN(C)C)C3)cc2c1. The van der Waals surface area contributed by atoms with E-state index in [4.69, 9.17) is 4.42 Å². The minimum atomic E-state index is -0.0232. The molecule has 28 heavy (non-hydrogen) atoms. The number of carbonyl (C=O) groups is 1. The maximum atomic E-state index is 13.1. The first-order valence-corrected chi connectivity index (χ1v) is 9.96. The Morgan fingerprint density at radius 3 is 3.00 bits per heavy atom. The average molecular weight is 380 g/mol. The van der Waals surface area contributed by atoms with E-state index in [0.29, 0.717) is 12.3 Å². The summed E-state index contributed by atoms with van der Waals surface area (Å²) in [6, 6.07) is 7.86. The van der Waals surface area contributed by atoms with Crippen LogP contribution in [0.4, 0.5) is 0 Å². The molecule has 3 aromatic rings. The summed E-state index contributed by atoms with van der Waals surface area (Å²) in [4.78, 5) is 21.8. The summed E-state index contributed by atoms with van der Waals surface area (Å²) in [6.45, 7) is 5.38. The second-order valence-electron chi connectivity index (χ2n) is 8.02. The fourth-order valence-corrected chi connectivity index (χ4v) is 3.97. The first-order chi connectivity index (χ1) is 13.5. The number of piperidine rings is 1. The molecule has 0 spiro atoms. The van der Waals surface area contributed by atoms with Gasteiger partial charge in [-0.15, -0.1) is 0 Å². The third kappa shape index (κ3) is 3.83. The highest BCUT2D eigenvalue weighted by molar-refractivity contribution is 5.96. The molecule has 1 aromatic carbocycles. The van der Waals surface area contributed by atoms with E-state index < -0.39 is 0 Å². The molecule has 1 amide bonds. The lowest BCUT2D eigenvalue weighted by Gasteiger charge is -2.32. The molecule has 6 nitrogen and oxygen atoms in total. The maximum Gasteiger partial charge on any atom is 0.289 e. The Labute approximate surface area is 165 Å². The van der Waals surface area contributed by atoms with Crippen molar-refractivity contribution in [3.05, 3.63) is 53.8 Å². The Morgan fingerprint density at radius 1 is 1.32 bits per heavy atom. The Balaban J connectivity index is 1.50. The highest BCUT2D eigenvalue weighted by Crippen LogP contribution is 2.28. The van der Waals surface area contributed by atoms with Crippen LogP contribution < -0.4 is 0 Å². The highest BCUT2D eigenvalue weighted by Gasteiger charge is 2.29. The van der Waals surface area contributed by atoms with Gasteiger partial charge in [-0.2, -0.15) is 0 Å². The minimum Gasteiger partial charge on any atom is -0.451 e. The van der Waals surface area contributed by atoms with Gasteiger partial charge in [-0.25, -0.2) is 4.98 Å². The molecule has 1 aliphatic heterocycles. The third-order valence-electron chi connectivity index (χ3n) is 5.49. The normalized spacial score (nSPS) is 17.6. The number of benzene rings is 1. The van der Waals surface area contributed by atoms with E-state index in [2.05, 4.69) is 34.6 Å². The number of hydrogen-bond acceptors (Lipinski definition) is 4. The lowest BCUT2D eigenvalue weighted by molar-refractivity contribution is 0.0673. The van der Waals surface area contributed by atoms with Crippen LogP contribution in [0, 0.1) is 6.92 Å². The van der Waals surface area contributed by atoms with Crippen molar-refractivity contribution in [3.8, 4) is 0 Å². The van der Waals surface area contributed by atoms with Crippen LogP contribution >= 0.6 is 0 Å². The molecule has 0 radical (unpaired) electrons. The van der Waals surface area contributed by atoms with Crippen LogP contribution in [-0.2, 0) is 6.54 Å². The summed E-state index contributed by atoms with van der Waals surface area (Å²) in [5, 5.41) is 0.983. The standard InChI is InChI=1S/C22H28N4O2/c1-16-6-7-19-18(13-16)14-20(28-19)22(27)26-9-4-5-17(15-26)21-23-8-10-25(21)12-11-24(2)3/h6-8,10,13-14,17H,4-5,9,11-12,15H2,1-3H3/t17-/m1/s1. The number of likely N-dealkylation sites (N-methyl/N-ethyl adjacent to an activating group) is 1. The summed E-state index contributed by atoms with van der Waals surface area (Å²) < 4.78 is 8.06. The number of fused-ring (bicyclic) bond motifs is 1. The number of aryl methyl sites for hydroxylation is 1. The van der Waals surface area contributed by atoms with Gasteiger partial charge in [-0.1, -0.05) is 11.6 Å². The molecule has 4 rings (SSSR count). The number of amides is 1. The summed E-state index contributed by atoms with van der Waals surface area (Å²) in [6.07, 6.45) is 5.95. The summed E-state index contributed by atoms with van der Waals surface area (Å²) in [7, 11) is 4.15. The fourth-order valence-electron chi connectivity index (χ4n) is 3.97. The molecule has 1 saturated heterocycles. The van der Waals surface area contributed by atoms with E-state index in [1.807, 2.05) is 42.4 Å². The van der Waals surface area contributed by atoms with Crippen LogP contribution in [0.15, 0.2) is 41.1 Å². The molecule has 0 bridgehead atoms. The van der Waals surface area contributed by atoms with Crippen molar-refractivity contribution in [3.63, 3.8) is 0 Å². The quantitative estimate of drug-likeness (QED) is 0.680. The van der Waals surface area contributed by atoms with Gasteiger partial charge in [0.15, 0.2) is 5.76 Å². The molecule has 0 saturated carbocycles. The number of furan rings is 1. The molecule has 1 fully saturated rings. The lowest BCUT2D eigenvalue weighted by Crippen LogP contribution is -2.39. The van der Waals surface area contributed by atoms with Crippen LogP contribution in [0.25, 0.3) is 11.0 Å². The lowest BCUT2D eigenvalue weighted by atomic mass is 9.97. The molecule has 1 atom stereocenters. The number of likely N-dealkylation sites (tertiary alicyclic amines) is 1. The second kappa shape index (κ2) is 7.80. The molecule has 3 heterocycles. The molecular weight excluding hydrogens is 352 g/mol. The summed E-state index contributed by atoms with van der Waals surface area (Å²) in [5.41, 5.74) is 1.93. The van der Waals surface area contributed by atoms with Crippen LogP contribution in [-0.4, -0.2) is 59.0 Å². The molecule has 1 aliphatic rings. The highest BCUT2D eigenvalue weighted by atomic mass is 16.3. The van der Waals surface area contributed by atoms with Gasteiger partial charge in [0.2, 0.25) is 0 Å². The van der Waals surface area contributed by atoms with Crippen molar-refractivity contribution in [2.24, 2.45) is 0 Å². The zero-order valence-corrected chi connectivity index (χ0v) is 16.9. The Morgan fingerprint density at radius 2 is 2.18 bits per heavy atom. The summed E-state index contributed by atoms with van der Waals surface area (Å²) >= 11 is 0. The van der Waals surface area contributed by atoms with E-state index >= 15 is 0 Å². The molecular formula is C22H28N4O2. The van der Waals surface area contributed by atoms with Crippen LogP contribution in [0.3, 0.4) is 0 Å². The zero-order chi connectivity index (χ0) is 19.7. The van der Waals surface area contributed by atoms with Gasteiger partial charge >= 0.3 is 0 Å². The smallest absolute Gasteiger partial charge is 0.289 e. The fraction of sp³-hybridized carbons (Fsp3) is 0.455. The van der Waals surface area contributed by atoms with Gasteiger partial charge in [-0.3, -0.25) is 4.79 Å². The molecule has 6 heteroatoms. The number of carbonyl (C=O) groups excluding carboxylic acids is 1. The Kier molecular flexibility index (Phi) is 5.22. The van der Waals surface area contributed by atoms with Crippen molar-refractivity contribution in [1.82, 2.24) is 19.4 Å². The number of nitrogens with zero attached hydrogens (tertiary/aromatic N) is 4. The number of aromatic nitrogens is 2. The van der Waals surface area contributed by atoms with Crippen LogP contribution in [0.2, 0.25) is 0 Å². The van der Waals surface area contributed by atoms with Crippen LogP contribution in [0.1, 0.15) is 40.7 Å². The Bertz CT molecular complexity index is 972. The van der Waals surface area contributed by atoms with Crippen molar-refractivity contribution in [2.45, 2.75) is 32.2 Å². The number of hydrogen-bond donors (Lipinski definition) is 0. The van der Waals surface area contributed by atoms with E-state index in [0.717, 1.165) is 54.8 Å². The van der Waals surface area contributed by atoms with Gasteiger partial charge in [0.25, 0.3) is 5.91 Å². The van der Waals surface area contributed by atoms with Gasteiger partial charge in [0.05, 0.1) is 0 Å². The zero-order valence-electron chi connectivity index (χ0n) is 16.9. The van der Waals surface area contributed by atoms with Crippen LogP contribution in [0.5, 0.6) is 0 Å². The monoisotopic (exact) mass is 380 g/mol. The predicted octanol–water partition coefficient (Wildman–Crippen LogP) is 3.52. The molecule has 0 aliphatic carbocycles. The first kappa shape index (κ1) is 18.7. The van der Waals surface area contributed by atoms with E-state index in [1.54, 1.807) is 0 Å². The maximum absolute atomic E-state index is 13.1. The molecule has 0 unspecified atom stereocenters. The van der Waals surface area contributed by atoms with Gasteiger partial charge < -0.3 is 18.8 Å². The minimum absolute atomic E-state index is 0.0232. The predicted molar refractivity (Wildman–Crippen MR) is 110 cm³/mol. The largest absolute Gasteiger partial charge is 0.451 e. The average Bonchev–Trinajstić information content (AvgIpc) is 3.32. The summed E-state index contributed by atoms with van der Waals surface area (Å²) in [5.74, 6) is 1.75. The first-order valence-electron chi connectivity index (χ1n) is 9.96. The number of imidazole rings is 1.